The molecule has 35 heavy (non-hydrogen) atoms. The minimum Gasteiger partial charge on any atom is -0.373 e. The normalized spacial score (nSPS) is 21.7. The van der Waals surface area contributed by atoms with Crippen LogP contribution in [-0.2, 0) is 17.5 Å². The fraction of sp³-hybridized carbons (Fsp3) is 0.462. The van der Waals surface area contributed by atoms with Gasteiger partial charge in [-0.05, 0) is 43.7 Å². The molecule has 0 saturated carbocycles. The molecule has 9 heteroatoms. The zero-order valence-corrected chi connectivity index (χ0v) is 19.9. The van der Waals surface area contributed by atoms with Crippen molar-refractivity contribution < 1.29 is 27.5 Å². The third-order valence-electron chi connectivity index (χ3n) is 6.42. The Hall–Kier alpha value is -2.91. The van der Waals surface area contributed by atoms with Gasteiger partial charge in [0.25, 0.3) is 11.8 Å². The van der Waals surface area contributed by atoms with E-state index >= 15 is 0 Å². The molecule has 0 radical (unpaired) electrons. The molecule has 188 valence electrons. The lowest BCUT2D eigenvalue weighted by molar-refractivity contribution is -0.138. The molecule has 2 aromatic rings. The van der Waals surface area contributed by atoms with E-state index in [2.05, 4.69) is 18.7 Å². The van der Waals surface area contributed by atoms with Crippen molar-refractivity contribution in [2.75, 3.05) is 39.3 Å². The first-order valence-corrected chi connectivity index (χ1v) is 11.8. The number of amides is 2. The SMILES string of the molecule is CC1CN(Cc2ccc(C(=O)N3CCN(C(=O)c4ccccc4C(F)(F)F)CC3)cc2)CC(C)O1. The van der Waals surface area contributed by atoms with Gasteiger partial charge in [-0.15, -0.1) is 0 Å². The van der Waals surface area contributed by atoms with Crippen LogP contribution in [0.15, 0.2) is 48.5 Å². The summed E-state index contributed by atoms with van der Waals surface area (Å²) in [6.07, 6.45) is -4.23. The Kier molecular flexibility index (Phi) is 7.47. The molecule has 0 aromatic heterocycles. The van der Waals surface area contributed by atoms with E-state index in [1.165, 1.54) is 23.1 Å². The molecule has 2 amide bonds. The van der Waals surface area contributed by atoms with Gasteiger partial charge in [0.15, 0.2) is 0 Å². The highest BCUT2D eigenvalue weighted by Crippen LogP contribution is 2.32. The molecule has 0 N–H and O–H groups in total. The summed E-state index contributed by atoms with van der Waals surface area (Å²) in [5, 5.41) is 0. The van der Waals surface area contributed by atoms with Gasteiger partial charge in [0.05, 0.1) is 23.3 Å². The first-order chi connectivity index (χ1) is 16.6. The summed E-state index contributed by atoms with van der Waals surface area (Å²) in [6, 6.07) is 12.3. The molecule has 0 spiro atoms. The predicted molar refractivity (Wildman–Crippen MR) is 125 cm³/mol. The molecule has 0 bridgehead atoms. The number of piperazine rings is 1. The zero-order chi connectivity index (χ0) is 25.2. The lowest BCUT2D eigenvalue weighted by atomic mass is 10.1. The first kappa shape index (κ1) is 25.2. The Morgan fingerprint density at radius 1 is 0.857 bits per heavy atom. The van der Waals surface area contributed by atoms with Crippen LogP contribution >= 0.6 is 0 Å². The van der Waals surface area contributed by atoms with Gasteiger partial charge < -0.3 is 14.5 Å². The van der Waals surface area contributed by atoms with Crippen LogP contribution in [0.3, 0.4) is 0 Å². The van der Waals surface area contributed by atoms with Crippen LogP contribution in [0.25, 0.3) is 0 Å². The molecule has 2 unspecified atom stereocenters. The number of alkyl halides is 3. The highest BCUT2D eigenvalue weighted by atomic mass is 19.4. The third kappa shape index (κ3) is 6.02. The minimum atomic E-state index is -4.60. The second-order valence-corrected chi connectivity index (χ2v) is 9.28. The monoisotopic (exact) mass is 489 g/mol. The van der Waals surface area contributed by atoms with E-state index in [1.807, 2.05) is 24.3 Å². The highest BCUT2D eigenvalue weighted by Gasteiger charge is 2.36. The van der Waals surface area contributed by atoms with Crippen LogP contribution in [0.2, 0.25) is 0 Å². The second-order valence-electron chi connectivity index (χ2n) is 9.28. The van der Waals surface area contributed by atoms with E-state index in [1.54, 1.807) is 4.90 Å². The Bertz CT molecular complexity index is 1040. The maximum atomic E-state index is 13.3. The van der Waals surface area contributed by atoms with Crippen LogP contribution in [0.5, 0.6) is 0 Å². The molecule has 6 nitrogen and oxygen atoms in total. The molecular weight excluding hydrogens is 459 g/mol. The number of halogens is 3. The van der Waals surface area contributed by atoms with Gasteiger partial charge >= 0.3 is 6.18 Å². The third-order valence-corrected chi connectivity index (χ3v) is 6.42. The molecule has 2 heterocycles. The zero-order valence-electron chi connectivity index (χ0n) is 19.9. The van der Waals surface area contributed by atoms with Crippen molar-refractivity contribution in [3.63, 3.8) is 0 Å². The summed E-state index contributed by atoms with van der Waals surface area (Å²) in [5.41, 5.74) is 0.366. The van der Waals surface area contributed by atoms with Crippen LogP contribution in [0.1, 0.15) is 45.7 Å². The van der Waals surface area contributed by atoms with Crippen LogP contribution in [-0.4, -0.2) is 78.0 Å². The van der Waals surface area contributed by atoms with Gasteiger partial charge in [-0.3, -0.25) is 14.5 Å². The van der Waals surface area contributed by atoms with Gasteiger partial charge in [-0.25, -0.2) is 0 Å². The summed E-state index contributed by atoms with van der Waals surface area (Å²) in [7, 11) is 0. The van der Waals surface area contributed by atoms with Crippen LogP contribution in [0.4, 0.5) is 13.2 Å². The molecule has 2 atom stereocenters. The van der Waals surface area contributed by atoms with E-state index in [0.717, 1.165) is 31.3 Å². The largest absolute Gasteiger partial charge is 0.417 e. The topological polar surface area (TPSA) is 53.1 Å². The Morgan fingerprint density at radius 3 is 1.97 bits per heavy atom. The van der Waals surface area contributed by atoms with Gasteiger partial charge in [0.2, 0.25) is 0 Å². The van der Waals surface area contributed by atoms with Gasteiger partial charge in [0, 0.05) is 51.4 Å². The summed E-state index contributed by atoms with van der Waals surface area (Å²) in [5.74, 6) is -0.811. The molecular formula is C26H30F3N3O3. The van der Waals surface area contributed by atoms with Crippen molar-refractivity contribution in [3.8, 4) is 0 Å². The van der Waals surface area contributed by atoms with Crippen molar-refractivity contribution in [3.05, 3.63) is 70.8 Å². The van der Waals surface area contributed by atoms with E-state index in [0.29, 0.717) is 5.56 Å². The number of carbonyl (C=O) groups excluding carboxylic acids is 2. The van der Waals surface area contributed by atoms with E-state index in [9.17, 15) is 22.8 Å². The van der Waals surface area contributed by atoms with Gasteiger partial charge in [0.1, 0.15) is 0 Å². The summed E-state index contributed by atoms with van der Waals surface area (Å²) in [6.45, 7) is 7.54. The van der Waals surface area contributed by atoms with E-state index < -0.39 is 17.6 Å². The van der Waals surface area contributed by atoms with Crippen molar-refractivity contribution in [2.45, 2.75) is 38.8 Å². The van der Waals surface area contributed by atoms with Crippen LogP contribution in [0, 0.1) is 0 Å². The van der Waals surface area contributed by atoms with Crippen LogP contribution < -0.4 is 0 Å². The predicted octanol–water partition coefficient (Wildman–Crippen LogP) is 3.91. The Morgan fingerprint density at radius 2 is 1.40 bits per heavy atom. The smallest absolute Gasteiger partial charge is 0.373 e. The quantitative estimate of drug-likeness (QED) is 0.654. The molecule has 2 aliphatic heterocycles. The number of hydrogen-bond donors (Lipinski definition) is 0. The molecule has 2 saturated heterocycles. The molecule has 2 aliphatic rings. The number of ether oxygens (including phenoxy) is 1. The average molecular weight is 490 g/mol. The standard InChI is InChI=1S/C26H30F3N3O3/c1-18-15-30(16-19(2)35-18)17-20-7-9-21(10-8-20)24(33)31-11-13-32(14-12-31)25(34)22-5-3-4-6-23(22)26(27,28)29/h3-10,18-19H,11-17H2,1-2H3. The number of hydrogen-bond acceptors (Lipinski definition) is 4. The summed E-state index contributed by atoms with van der Waals surface area (Å²) in [4.78, 5) is 31.1. The number of benzene rings is 2. The lowest BCUT2D eigenvalue weighted by Gasteiger charge is -2.35. The first-order valence-electron chi connectivity index (χ1n) is 11.8. The average Bonchev–Trinajstić information content (AvgIpc) is 2.82. The van der Waals surface area contributed by atoms with E-state index in [4.69, 9.17) is 4.74 Å². The van der Waals surface area contributed by atoms with Gasteiger partial charge in [-0.1, -0.05) is 24.3 Å². The fourth-order valence-corrected chi connectivity index (χ4v) is 4.81. The number of rotatable bonds is 4. The molecule has 2 aromatic carbocycles. The highest BCUT2D eigenvalue weighted by molar-refractivity contribution is 5.97. The Labute approximate surface area is 203 Å². The van der Waals surface area contributed by atoms with Crippen molar-refractivity contribution in [1.82, 2.24) is 14.7 Å². The summed E-state index contributed by atoms with van der Waals surface area (Å²) >= 11 is 0. The van der Waals surface area contributed by atoms with Gasteiger partial charge in [-0.2, -0.15) is 13.2 Å². The van der Waals surface area contributed by atoms with Crippen molar-refractivity contribution in [1.29, 1.82) is 0 Å². The number of carbonyl (C=O) groups is 2. The number of nitrogens with zero attached hydrogens (tertiary/aromatic N) is 3. The summed E-state index contributed by atoms with van der Waals surface area (Å²) < 4.78 is 45.7. The second kappa shape index (κ2) is 10.4. The number of morpholine rings is 1. The maximum Gasteiger partial charge on any atom is 0.417 e. The lowest BCUT2D eigenvalue weighted by Crippen LogP contribution is -2.50. The van der Waals surface area contributed by atoms with Crippen molar-refractivity contribution >= 4 is 11.8 Å². The maximum absolute atomic E-state index is 13.3. The molecule has 0 aliphatic carbocycles. The Balaban J connectivity index is 1.33. The minimum absolute atomic E-state index is 0.145. The fourth-order valence-electron chi connectivity index (χ4n) is 4.81. The molecule has 4 rings (SSSR count). The van der Waals surface area contributed by atoms with Crippen molar-refractivity contribution in [2.24, 2.45) is 0 Å². The molecule has 2 fully saturated rings. The van der Waals surface area contributed by atoms with E-state index in [-0.39, 0.29) is 49.9 Å².